The van der Waals surface area contributed by atoms with Gasteiger partial charge in [-0.05, 0) is 25.0 Å². The Morgan fingerprint density at radius 2 is 2.40 bits per heavy atom. The van der Waals surface area contributed by atoms with Crippen LogP contribution in [-0.2, 0) is 16.0 Å². The van der Waals surface area contributed by atoms with Crippen molar-refractivity contribution in [3.8, 4) is 10.6 Å². The summed E-state index contributed by atoms with van der Waals surface area (Å²) in [5.41, 5.74) is 0.956. The Kier molecular flexibility index (Phi) is 4.14. The molecule has 2 aromatic rings. The van der Waals surface area contributed by atoms with E-state index in [-0.39, 0.29) is 6.42 Å². The Balaban J connectivity index is 1.75. The Bertz CT molecular complexity index is 599. The smallest absolute Gasteiger partial charge is 0.308 e. The third kappa shape index (κ3) is 3.08. The normalized spacial score (nSPS) is 19.1. The highest BCUT2D eigenvalue weighted by Crippen LogP contribution is 2.33. The van der Waals surface area contributed by atoms with E-state index in [1.807, 2.05) is 12.1 Å². The van der Waals surface area contributed by atoms with Crippen LogP contribution in [0.4, 0.5) is 0 Å². The molecule has 0 amide bonds. The molecule has 2 aromatic heterocycles. The molecule has 0 aromatic carbocycles. The molecular formula is C14H15NO3S2. The molecule has 1 atom stereocenters. The lowest BCUT2D eigenvalue weighted by Crippen LogP contribution is -2.15. The summed E-state index contributed by atoms with van der Waals surface area (Å²) in [5, 5.41) is 12.0. The Labute approximate surface area is 125 Å². The van der Waals surface area contributed by atoms with Gasteiger partial charge in [-0.25, -0.2) is 4.98 Å². The average Bonchev–Trinajstić information content (AvgIpc) is 3.07. The van der Waals surface area contributed by atoms with Gasteiger partial charge in [0.25, 0.3) is 0 Å². The summed E-state index contributed by atoms with van der Waals surface area (Å²) in [7, 11) is 0. The zero-order valence-corrected chi connectivity index (χ0v) is 12.5. The molecule has 0 saturated carbocycles. The van der Waals surface area contributed by atoms with E-state index in [0.717, 1.165) is 46.5 Å². The zero-order chi connectivity index (χ0) is 13.9. The minimum absolute atomic E-state index is 0.0815. The van der Waals surface area contributed by atoms with Crippen molar-refractivity contribution < 1.29 is 14.6 Å². The maximum atomic E-state index is 10.7. The predicted molar refractivity (Wildman–Crippen MR) is 79.6 cm³/mol. The summed E-state index contributed by atoms with van der Waals surface area (Å²) in [4.78, 5) is 17.3. The molecule has 0 spiro atoms. The summed E-state index contributed by atoms with van der Waals surface area (Å²) >= 11 is 3.18. The zero-order valence-electron chi connectivity index (χ0n) is 10.9. The number of aromatic nitrogens is 1. The van der Waals surface area contributed by atoms with E-state index in [1.54, 1.807) is 11.3 Å². The van der Waals surface area contributed by atoms with Crippen LogP contribution in [0.15, 0.2) is 17.5 Å². The van der Waals surface area contributed by atoms with E-state index < -0.39 is 5.97 Å². The summed E-state index contributed by atoms with van der Waals surface area (Å²) in [5.74, 6) is -0.377. The highest BCUT2D eigenvalue weighted by molar-refractivity contribution is 7.16. The number of nitrogens with zero attached hydrogens (tertiary/aromatic N) is 1. The Morgan fingerprint density at radius 1 is 1.50 bits per heavy atom. The lowest BCUT2D eigenvalue weighted by molar-refractivity contribution is -0.136. The van der Waals surface area contributed by atoms with Crippen LogP contribution >= 0.6 is 22.7 Å². The number of ether oxygens (including phenoxy) is 1. The van der Waals surface area contributed by atoms with Crippen LogP contribution in [0, 0.1) is 0 Å². The maximum Gasteiger partial charge on any atom is 0.308 e. The molecule has 1 aliphatic heterocycles. The molecule has 1 fully saturated rings. The van der Waals surface area contributed by atoms with Crippen LogP contribution in [0.3, 0.4) is 0 Å². The van der Waals surface area contributed by atoms with Gasteiger partial charge >= 0.3 is 5.97 Å². The summed E-state index contributed by atoms with van der Waals surface area (Å²) < 4.78 is 5.50. The number of rotatable bonds is 4. The first kappa shape index (κ1) is 13.7. The number of carboxylic acids is 1. The summed E-state index contributed by atoms with van der Waals surface area (Å²) in [6.45, 7) is 1.62. The molecule has 20 heavy (non-hydrogen) atoms. The van der Waals surface area contributed by atoms with Gasteiger partial charge in [-0.1, -0.05) is 0 Å². The van der Waals surface area contributed by atoms with Crippen LogP contribution in [0.5, 0.6) is 0 Å². The monoisotopic (exact) mass is 309 g/mol. The van der Waals surface area contributed by atoms with Crippen LogP contribution in [0.1, 0.15) is 28.6 Å². The lowest BCUT2D eigenvalue weighted by Gasteiger charge is -2.19. The molecule has 3 rings (SSSR count). The molecule has 6 heteroatoms. The minimum atomic E-state index is -0.795. The van der Waals surface area contributed by atoms with Gasteiger partial charge in [0.05, 0.1) is 28.6 Å². The van der Waals surface area contributed by atoms with E-state index in [1.165, 1.54) is 11.3 Å². The Morgan fingerprint density at radius 3 is 3.15 bits per heavy atom. The summed E-state index contributed by atoms with van der Waals surface area (Å²) in [6, 6.07) is 3.83. The van der Waals surface area contributed by atoms with E-state index in [9.17, 15) is 4.79 Å². The second kappa shape index (κ2) is 6.03. The molecule has 1 saturated heterocycles. The third-order valence-corrected chi connectivity index (χ3v) is 5.39. The van der Waals surface area contributed by atoms with Crippen molar-refractivity contribution in [2.75, 3.05) is 13.2 Å². The molecular weight excluding hydrogens is 294 g/mol. The predicted octanol–water partition coefficient (Wildman–Crippen LogP) is 3.39. The number of aliphatic carboxylic acids is 1. The average molecular weight is 309 g/mol. The number of hydrogen-bond acceptors (Lipinski definition) is 5. The first-order valence-corrected chi connectivity index (χ1v) is 8.26. The van der Waals surface area contributed by atoms with Gasteiger partial charge in [0.1, 0.15) is 0 Å². The fourth-order valence-electron chi connectivity index (χ4n) is 2.28. The van der Waals surface area contributed by atoms with Crippen LogP contribution in [0.25, 0.3) is 10.6 Å². The van der Waals surface area contributed by atoms with Gasteiger partial charge < -0.3 is 9.84 Å². The summed E-state index contributed by atoms with van der Waals surface area (Å²) in [6.07, 6.45) is 2.32. The first-order chi connectivity index (χ1) is 9.72. The van der Waals surface area contributed by atoms with Crippen LogP contribution < -0.4 is 0 Å². The molecule has 3 heterocycles. The number of carbonyl (C=O) groups is 1. The molecule has 0 bridgehead atoms. The lowest BCUT2D eigenvalue weighted by atomic mass is 10.0. The highest BCUT2D eigenvalue weighted by Gasteiger charge is 2.20. The highest BCUT2D eigenvalue weighted by atomic mass is 32.1. The van der Waals surface area contributed by atoms with Gasteiger partial charge in [-0.2, -0.15) is 0 Å². The van der Waals surface area contributed by atoms with E-state index in [4.69, 9.17) is 14.8 Å². The van der Waals surface area contributed by atoms with Crippen LogP contribution in [-0.4, -0.2) is 29.3 Å². The molecule has 106 valence electrons. The fourth-order valence-corrected chi connectivity index (χ4v) is 4.26. The second-order valence-electron chi connectivity index (χ2n) is 4.82. The largest absolute Gasteiger partial charge is 0.481 e. The quantitative estimate of drug-likeness (QED) is 0.940. The van der Waals surface area contributed by atoms with Crippen molar-refractivity contribution in [2.24, 2.45) is 0 Å². The number of hydrogen-bond donors (Lipinski definition) is 1. The number of thiazole rings is 1. The molecule has 4 nitrogen and oxygen atoms in total. The third-order valence-electron chi connectivity index (χ3n) is 3.27. The molecule has 0 aliphatic carbocycles. The van der Waals surface area contributed by atoms with Crippen LogP contribution in [0.2, 0.25) is 0 Å². The van der Waals surface area contributed by atoms with Crippen molar-refractivity contribution in [2.45, 2.75) is 25.2 Å². The van der Waals surface area contributed by atoms with Crippen molar-refractivity contribution in [3.63, 3.8) is 0 Å². The molecule has 0 radical (unpaired) electrons. The first-order valence-electron chi connectivity index (χ1n) is 6.56. The van der Waals surface area contributed by atoms with Gasteiger partial charge in [-0.15, -0.1) is 22.7 Å². The number of thiophene rings is 1. The molecule has 1 aliphatic rings. The maximum absolute atomic E-state index is 10.7. The van der Waals surface area contributed by atoms with E-state index in [2.05, 4.69) is 5.38 Å². The minimum Gasteiger partial charge on any atom is -0.481 e. The second-order valence-corrected chi connectivity index (χ2v) is 6.88. The molecule has 1 unspecified atom stereocenters. The number of carboxylic acid groups (broad SMARTS) is 1. The van der Waals surface area contributed by atoms with E-state index >= 15 is 0 Å². The van der Waals surface area contributed by atoms with E-state index in [0.29, 0.717) is 5.92 Å². The van der Waals surface area contributed by atoms with Crippen molar-refractivity contribution in [3.05, 3.63) is 27.4 Å². The SMILES string of the molecule is O=C(O)Cc1ccc(-c2csc(C3CCCOC3)n2)s1. The fraction of sp³-hybridized carbons (Fsp3) is 0.429. The van der Waals surface area contributed by atoms with Gasteiger partial charge in [0, 0.05) is 22.8 Å². The van der Waals surface area contributed by atoms with Gasteiger partial charge in [0.15, 0.2) is 0 Å². The molecule has 1 N–H and O–H groups in total. The topological polar surface area (TPSA) is 59.4 Å². The van der Waals surface area contributed by atoms with Crippen molar-refractivity contribution >= 4 is 28.6 Å². The van der Waals surface area contributed by atoms with Gasteiger partial charge in [-0.3, -0.25) is 4.79 Å². The van der Waals surface area contributed by atoms with Crippen molar-refractivity contribution in [1.82, 2.24) is 4.98 Å². The van der Waals surface area contributed by atoms with Crippen molar-refractivity contribution in [1.29, 1.82) is 0 Å². The van der Waals surface area contributed by atoms with Gasteiger partial charge in [0.2, 0.25) is 0 Å². The standard InChI is InChI=1S/C14H15NO3S2/c16-13(17)6-10-3-4-12(20-10)11-8-19-14(15-11)9-2-1-5-18-7-9/h3-4,8-9H,1-2,5-7H2,(H,16,17). The Hall–Kier alpha value is -1.24.